The smallest absolute Gasteiger partial charge is 0.237 e. The van der Waals surface area contributed by atoms with Crippen molar-refractivity contribution in [2.45, 2.75) is 26.4 Å². The Bertz CT molecular complexity index is 333. The van der Waals surface area contributed by atoms with Gasteiger partial charge in [-0.05, 0) is 5.92 Å². The van der Waals surface area contributed by atoms with Crippen molar-refractivity contribution < 1.29 is 4.79 Å². The van der Waals surface area contributed by atoms with Crippen LogP contribution in [-0.2, 0) is 18.4 Å². The second kappa shape index (κ2) is 4.88. The van der Waals surface area contributed by atoms with Crippen LogP contribution in [0.1, 0.15) is 19.7 Å². The quantitative estimate of drug-likeness (QED) is 0.697. The van der Waals surface area contributed by atoms with E-state index in [1.165, 1.54) is 0 Å². The summed E-state index contributed by atoms with van der Waals surface area (Å²) in [5.41, 5.74) is 5.68. The molecule has 0 aromatic carbocycles. The molecule has 0 saturated heterocycles. The second-order valence-electron chi connectivity index (χ2n) is 3.85. The van der Waals surface area contributed by atoms with Crippen LogP contribution in [0.2, 0.25) is 0 Å². The van der Waals surface area contributed by atoms with Crippen molar-refractivity contribution in [2.75, 3.05) is 0 Å². The third-order valence-corrected chi connectivity index (χ3v) is 2.25. The van der Waals surface area contributed by atoms with E-state index in [4.69, 9.17) is 5.73 Å². The monoisotopic (exact) mass is 211 g/mol. The molecule has 1 atom stereocenters. The lowest BCUT2D eigenvalue weighted by atomic mass is 10.1. The molecular weight excluding hydrogens is 194 g/mol. The number of aryl methyl sites for hydroxylation is 1. The molecule has 1 amide bonds. The molecule has 0 aliphatic heterocycles. The first kappa shape index (κ1) is 11.6. The SMILES string of the molecule is CC(C)C(N)C(=O)NCc1nncn1C. The summed E-state index contributed by atoms with van der Waals surface area (Å²) in [4.78, 5) is 11.5. The molecule has 0 aliphatic carbocycles. The Labute approximate surface area is 88.9 Å². The van der Waals surface area contributed by atoms with E-state index in [9.17, 15) is 4.79 Å². The lowest BCUT2D eigenvalue weighted by Gasteiger charge is -2.14. The maximum atomic E-state index is 11.5. The van der Waals surface area contributed by atoms with Gasteiger partial charge in [0, 0.05) is 7.05 Å². The molecule has 0 saturated carbocycles. The molecule has 1 unspecified atom stereocenters. The fourth-order valence-corrected chi connectivity index (χ4v) is 1.05. The minimum atomic E-state index is -0.474. The van der Waals surface area contributed by atoms with Gasteiger partial charge >= 0.3 is 0 Å². The fraction of sp³-hybridized carbons (Fsp3) is 0.667. The van der Waals surface area contributed by atoms with E-state index in [1.807, 2.05) is 20.9 Å². The molecule has 1 aromatic heterocycles. The van der Waals surface area contributed by atoms with Gasteiger partial charge < -0.3 is 15.6 Å². The van der Waals surface area contributed by atoms with E-state index in [1.54, 1.807) is 10.9 Å². The average Bonchev–Trinajstić information content (AvgIpc) is 2.59. The molecule has 6 nitrogen and oxygen atoms in total. The molecule has 6 heteroatoms. The van der Waals surface area contributed by atoms with Gasteiger partial charge in [-0.1, -0.05) is 13.8 Å². The summed E-state index contributed by atoms with van der Waals surface area (Å²) < 4.78 is 1.75. The number of nitrogens with two attached hydrogens (primary N) is 1. The van der Waals surface area contributed by atoms with Crippen LogP contribution in [-0.4, -0.2) is 26.7 Å². The van der Waals surface area contributed by atoms with E-state index < -0.39 is 6.04 Å². The van der Waals surface area contributed by atoms with Gasteiger partial charge in [0.25, 0.3) is 0 Å². The number of amides is 1. The van der Waals surface area contributed by atoms with E-state index in [0.29, 0.717) is 12.4 Å². The Morgan fingerprint density at radius 1 is 1.67 bits per heavy atom. The van der Waals surface area contributed by atoms with Gasteiger partial charge in [0.2, 0.25) is 5.91 Å². The van der Waals surface area contributed by atoms with Gasteiger partial charge in [0.05, 0.1) is 12.6 Å². The molecule has 84 valence electrons. The minimum Gasteiger partial charge on any atom is -0.347 e. The van der Waals surface area contributed by atoms with Gasteiger partial charge in [0.1, 0.15) is 6.33 Å². The van der Waals surface area contributed by atoms with Crippen molar-refractivity contribution in [3.8, 4) is 0 Å². The number of nitrogens with one attached hydrogen (secondary N) is 1. The van der Waals surface area contributed by atoms with Crippen molar-refractivity contribution in [1.29, 1.82) is 0 Å². The van der Waals surface area contributed by atoms with Crippen LogP contribution in [0.3, 0.4) is 0 Å². The predicted molar refractivity (Wildman–Crippen MR) is 55.7 cm³/mol. The van der Waals surface area contributed by atoms with Crippen molar-refractivity contribution in [3.05, 3.63) is 12.2 Å². The zero-order chi connectivity index (χ0) is 11.4. The summed E-state index contributed by atoms with van der Waals surface area (Å²) in [5, 5.41) is 10.3. The topological polar surface area (TPSA) is 85.8 Å². The summed E-state index contributed by atoms with van der Waals surface area (Å²) in [6.07, 6.45) is 1.59. The number of carbonyl (C=O) groups excluding carboxylic acids is 1. The second-order valence-corrected chi connectivity index (χ2v) is 3.85. The molecule has 0 radical (unpaired) electrons. The maximum absolute atomic E-state index is 11.5. The molecule has 0 bridgehead atoms. The van der Waals surface area contributed by atoms with Crippen LogP contribution in [0.15, 0.2) is 6.33 Å². The number of nitrogens with zero attached hydrogens (tertiary/aromatic N) is 3. The zero-order valence-electron chi connectivity index (χ0n) is 9.27. The highest BCUT2D eigenvalue weighted by Crippen LogP contribution is 1.98. The van der Waals surface area contributed by atoms with Gasteiger partial charge in [-0.15, -0.1) is 10.2 Å². The summed E-state index contributed by atoms with van der Waals surface area (Å²) in [6, 6.07) is -0.474. The minimum absolute atomic E-state index is 0.129. The van der Waals surface area contributed by atoms with Crippen molar-refractivity contribution >= 4 is 5.91 Å². The molecule has 3 N–H and O–H groups in total. The molecule has 15 heavy (non-hydrogen) atoms. The Kier molecular flexibility index (Phi) is 3.79. The van der Waals surface area contributed by atoms with Crippen LogP contribution < -0.4 is 11.1 Å². The molecular formula is C9H17N5O. The normalized spacial score (nSPS) is 12.9. The highest BCUT2D eigenvalue weighted by atomic mass is 16.2. The molecule has 1 heterocycles. The number of rotatable bonds is 4. The van der Waals surface area contributed by atoms with E-state index >= 15 is 0 Å². The standard InChI is InChI=1S/C9H17N5O/c1-6(2)8(10)9(15)11-4-7-13-12-5-14(7)3/h5-6,8H,4,10H2,1-3H3,(H,11,15). The summed E-state index contributed by atoms with van der Waals surface area (Å²) in [7, 11) is 1.82. The molecule has 0 spiro atoms. The van der Waals surface area contributed by atoms with Gasteiger partial charge in [-0.2, -0.15) is 0 Å². The van der Waals surface area contributed by atoms with Crippen molar-refractivity contribution in [1.82, 2.24) is 20.1 Å². The largest absolute Gasteiger partial charge is 0.347 e. The van der Waals surface area contributed by atoms with Crippen LogP contribution in [0.4, 0.5) is 0 Å². The van der Waals surface area contributed by atoms with E-state index in [2.05, 4.69) is 15.5 Å². The first-order valence-corrected chi connectivity index (χ1v) is 4.88. The lowest BCUT2D eigenvalue weighted by molar-refractivity contribution is -0.123. The fourth-order valence-electron chi connectivity index (χ4n) is 1.05. The van der Waals surface area contributed by atoms with Gasteiger partial charge in [-0.25, -0.2) is 0 Å². The Morgan fingerprint density at radius 3 is 2.80 bits per heavy atom. The Balaban J connectivity index is 2.44. The summed E-state index contributed by atoms with van der Waals surface area (Å²) in [5.74, 6) is 0.678. The Hall–Kier alpha value is -1.43. The molecule has 0 aliphatic rings. The third kappa shape index (κ3) is 3.02. The summed E-state index contributed by atoms with van der Waals surface area (Å²) >= 11 is 0. The third-order valence-electron chi connectivity index (χ3n) is 2.25. The van der Waals surface area contributed by atoms with Gasteiger partial charge in [0.15, 0.2) is 5.82 Å². The van der Waals surface area contributed by atoms with Crippen LogP contribution >= 0.6 is 0 Å². The van der Waals surface area contributed by atoms with E-state index in [-0.39, 0.29) is 11.8 Å². The van der Waals surface area contributed by atoms with Crippen LogP contribution in [0.25, 0.3) is 0 Å². The molecule has 1 aromatic rings. The Morgan fingerprint density at radius 2 is 2.33 bits per heavy atom. The highest BCUT2D eigenvalue weighted by molar-refractivity contribution is 5.81. The van der Waals surface area contributed by atoms with Crippen LogP contribution in [0, 0.1) is 5.92 Å². The van der Waals surface area contributed by atoms with Gasteiger partial charge in [-0.3, -0.25) is 4.79 Å². The number of hydrogen-bond donors (Lipinski definition) is 2. The predicted octanol–water partition coefficient (Wildman–Crippen LogP) is -0.585. The molecule has 1 rings (SSSR count). The maximum Gasteiger partial charge on any atom is 0.237 e. The first-order chi connectivity index (χ1) is 7.02. The lowest BCUT2D eigenvalue weighted by Crippen LogP contribution is -2.43. The molecule has 0 fully saturated rings. The zero-order valence-corrected chi connectivity index (χ0v) is 9.27. The van der Waals surface area contributed by atoms with E-state index in [0.717, 1.165) is 0 Å². The van der Waals surface area contributed by atoms with Crippen molar-refractivity contribution in [3.63, 3.8) is 0 Å². The van der Waals surface area contributed by atoms with Crippen LogP contribution in [0.5, 0.6) is 0 Å². The number of aromatic nitrogens is 3. The van der Waals surface area contributed by atoms with Crippen molar-refractivity contribution in [2.24, 2.45) is 18.7 Å². The number of carbonyl (C=O) groups is 1. The number of hydrogen-bond acceptors (Lipinski definition) is 4. The highest BCUT2D eigenvalue weighted by Gasteiger charge is 2.17. The average molecular weight is 211 g/mol. The summed E-state index contributed by atoms with van der Waals surface area (Å²) in [6.45, 7) is 4.18. The first-order valence-electron chi connectivity index (χ1n) is 4.88.